The molecule has 0 bridgehead atoms. The van der Waals surface area contributed by atoms with Gasteiger partial charge in [0.05, 0.1) is 11.4 Å². The number of pyridine rings is 2. The Bertz CT molecular complexity index is 442. The number of hydrogen-bond donors (Lipinski definition) is 0. The van der Waals surface area contributed by atoms with Crippen LogP contribution >= 0.6 is 0 Å². The summed E-state index contributed by atoms with van der Waals surface area (Å²) in [5.74, 6) is 0. The van der Waals surface area contributed by atoms with Crippen molar-refractivity contribution in [2.45, 2.75) is 19.5 Å². The molecule has 0 radical (unpaired) electrons. The summed E-state index contributed by atoms with van der Waals surface area (Å²) in [6.07, 6.45) is 3.66. The average molecular weight is 227 g/mol. The largest absolute Gasteiger partial charge is 0.292 e. The number of rotatable bonds is 4. The Hall–Kier alpha value is -1.74. The van der Waals surface area contributed by atoms with Crippen LogP contribution in [0.2, 0.25) is 0 Å². The van der Waals surface area contributed by atoms with E-state index in [-0.39, 0.29) is 0 Å². The summed E-state index contributed by atoms with van der Waals surface area (Å²) in [5.41, 5.74) is 2.17. The van der Waals surface area contributed by atoms with Gasteiger partial charge < -0.3 is 0 Å². The van der Waals surface area contributed by atoms with Crippen LogP contribution in [-0.4, -0.2) is 21.9 Å². The topological polar surface area (TPSA) is 29.0 Å². The molecule has 0 aliphatic carbocycles. The van der Waals surface area contributed by atoms with Crippen LogP contribution in [0.5, 0.6) is 0 Å². The first-order valence-electron chi connectivity index (χ1n) is 5.78. The molecule has 0 amide bonds. The summed E-state index contributed by atoms with van der Waals surface area (Å²) < 4.78 is 0. The van der Waals surface area contributed by atoms with Gasteiger partial charge in [-0.25, -0.2) is 0 Å². The zero-order valence-electron chi connectivity index (χ0n) is 10.2. The highest BCUT2D eigenvalue weighted by Crippen LogP contribution is 2.17. The van der Waals surface area contributed by atoms with Gasteiger partial charge in [-0.3, -0.25) is 14.9 Å². The van der Waals surface area contributed by atoms with Crippen LogP contribution in [0.15, 0.2) is 48.8 Å². The van der Waals surface area contributed by atoms with Gasteiger partial charge in [0.2, 0.25) is 0 Å². The molecular formula is C14H17N3. The van der Waals surface area contributed by atoms with Gasteiger partial charge in [0.1, 0.15) is 0 Å². The van der Waals surface area contributed by atoms with E-state index in [1.807, 2.05) is 42.7 Å². The van der Waals surface area contributed by atoms with Gasteiger partial charge in [-0.2, -0.15) is 0 Å². The van der Waals surface area contributed by atoms with Crippen LogP contribution in [0.3, 0.4) is 0 Å². The SMILES string of the molecule is C[C@H](c1ccccn1)N(C)Cc1ccccn1. The Labute approximate surface area is 102 Å². The predicted octanol–water partition coefficient (Wildman–Crippen LogP) is 2.67. The molecule has 2 heterocycles. The summed E-state index contributed by atoms with van der Waals surface area (Å²) >= 11 is 0. The number of nitrogens with zero attached hydrogens (tertiary/aromatic N) is 3. The van der Waals surface area contributed by atoms with Crippen molar-refractivity contribution >= 4 is 0 Å². The lowest BCUT2D eigenvalue weighted by Gasteiger charge is -2.23. The lowest BCUT2D eigenvalue weighted by atomic mass is 10.2. The maximum absolute atomic E-state index is 4.38. The Balaban J connectivity index is 2.03. The lowest BCUT2D eigenvalue weighted by molar-refractivity contribution is 0.246. The molecular weight excluding hydrogens is 210 g/mol. The molecule has 1 atom stereocenters. The van der Waals surface area contributed by atoms with Crippen molar-refractivity contribution in [2.24, 2.45) is 0 Å². The molecule has 17 heavy (non-hydrogen) atoms. The lowest BCUT2D eigenvalue weighted by Crippen LogP contribution is -2.23. The first-order chi connectivity index (χ1) is 8.27. The van der Waals surface area contributed by atoms with Crippen LogP contribution in [-0.2, 0) is 6.54 Å². The van der Waals surface area contributed by atoms with Crippen molar-refractivity contribution in [1.29, 1.82) is 0 Å². The van der Waals surface area contributed by atoms with Crippen LogP contribution in [0.4, 0.5) is 0 Å². The molecule has 2 aromatic rings. The van der Waals surface area contributed by atoms with E-state index >= 15 is 0 Å². The summed E-state index contributed by atoms with van der Waals surface area (Å²) in [4.78, 5) is 11.0. The monoisotopic (exact) mass is 227 g/mol. The summed E-state index contributed by atoms with van der Waals surface area (Å²) in [5, 5.41) is 0. The highest BCUT2D eigenvalue weighted by atomic mass is 15.1. The van der Waals surface area contributed by atoms with E-state index in [9.17, 15) is 0 Å². The van der Waals surface area contributed by atoms with Gasteiger partial charge in [0, 0.05) is 25.0 Å². The van der Waals surface area contributed by atoms with Crippen molar-refractivity contribution in [3.8, 4) is 0 Å². The molecule has 0 N–H and O–H groups in total. The molecule has 88 valence electrons. The van der Waals surface area contributed by atoms with Gasteiger partial charge in [-0.1, -0.05) is 12.1 Å². The summed E-state index contributed by atoms with van der Waals surface area (Å²) in [6, 6.07) is 12.3. The van der Waals surface area contributed by atoms with E-state index in [1.165, 1.54) is 0 Å². The van der Waals surface area contributed by atoms with E-state index in [2.05, 4.69) is 34.9 Å². The zero-order chi connectivity index (χ0) is 12.1. The highest BCUT2D eigenvalue weighted by molar-refractivity contribution is 5.09. The number of aromatic nitrogens is 2. The van der Waals surface area contributed by atoms with Crippen molar-refractivity contribution < 1.29 is 0 Å². The van der Waals surface area contributed by atoms with Gasteiger partial charge in [0.25, 0.3) is 0 Å². The molecule has 0 spiro atoms. The van der Waals surface area contributed by atoms with Crippen LogP contribution in [0.1, 0.15) is 24.4 Å². The van der Waals surface area contributed by atoms with Crippen LogP contribution < -0.4 is 0 Å². The van der Waals surface area contributed by atoms with E-state index in [0.717, 1.165) is 17.9 Å². The first kappa shape index (κ1) is 11.7. The quantitative estimate of drug-likeness (QED) is 0.804. The van der Waals surface area contributed by atoms with Gasteiger partial charge in [0.15, 0.2) is 0 Å². The molecule has 3 nitrogen and oxygen atoms in total. The van der Waals surface area contributed by atoms with Crippen molar-refractivity contribution in [1.82, 2.24) is 14.9 Å². The Morgan fingerprint density at radius 3 is 2.35 bits per heavy atom. The number of hydrogen-bond acceptors (Lipinski definition) is 3. The highest BCUT2D eigenvalue weighted by Gasteiger charge is 2.12. The molecule has 0 saturated heterocycles. The van der Waals surface area contributed by atoms with E-state index in [0.29, 0.717) is 6.04 Å². The molecule has 0 saturated carbocycles. The standard InChI is InChI=1S/C14H17N3/c1-12(14-8-4-6-10-16-14)17(2)11-13-7-3-5-9-15-13/h3-10,12H,11H2,1-2H3/t12-/m1/s1. The third-order valence-corrected chi connectivity index (χ3v) is 2.91. The zero-order valence-corrected chi connectivity index (χ0v) is 10.2. The minimum absolute atomic E-state index is 0.290. The minimum Gasteiger partial charge on any atom is -0.292 e. The van der Waals surface area contributed by atoms with Crippen LogP contribution in [0.25, 0.3) is 0 Å². The molecule has 2 rings (SSSR count). The Kier molecular flexibility index (Phi) is 3.83. The van der Waals surface area contributed by atoms with E-state index in [1.54, 1.807) is 0 Å². The summed E-state index contributed by atoms with van der Waals surface area (Å²) in [7, 11) is 2.09. The molecule has 3 heteroatoms. The fourth-order valence-electron chi connectivity index (χ4n) is 1.73. The Morgan fingerprint density at radius 2 is 1.76 bits per heavy atom. The average Bonchev–Trinajstić information content (AvgIpc) is 2.40. The summed E-state index contributed by atoms with van der Waals surface area (Å²) in [6.45, 7) is 2.99. The Morgan fingerprint density at radius 1 is 1.06 bits per heavy atom. The molecule has 0 aliphatic heterocycles. The fraction of sp³-hybridized carbons (Fsp3) is 0.286. The second-order valence-corrected chi connectivity index (χ2v) is 4.17. The third-order valence-electron chi connectivity index (χ3n) is 2.91. The van der Waals surface area contributed by atoms with Gasteiger partial charge in [-0.05, 0) is 38.2 Å². The van der Waals surface area contributed by atoms with E-state index in [4.69, 9.17) is 0 Å². The molecule has 0 aliphatic rings. The second-order valence-electron chi connectivity index (χ2n) is 4.17. The smallest absolute Gasteiger partial charge is 0.0572 e. The van der Waals surface area contributed by atoms with E-state index < -0.39 is 0 Å². The minimum atomic E-state index is 0.290. The van der Waals surface area contributed by atoms with Crippen molar-refractivity contribution in [2.75, 3.05) is 7.05 Å². The fourth-order valence-corrected chi connectivity index (χ4v) is 1.73. The maximum Gasteiger partial charge on any atom is 0.0572 e. The van der Waals surface area contributed by atoms with Gasteiger partial charge in [-0.15, -0.1) is 0 Å². The van der Waals surface area contributed by atoms with Crippen molar-refractivity contribution in [3.05, 3.63) is 60.2 Å². The maximum atomic E-state index is 4.38. The first-order valence-corrected chi connectivity index (χ1v) is 5.78. The second kappa shape index (κ2) is 5.55. The van der Waals surface area contributed by atoms with Gasteiger partial charge >= 0.3 is 0 Å². The molecule has 0 aromatic carbocycles. The third kappa shape index (κ3) is 3.11. The normalized spacial score (nSPS) is 12.6. The predicted molar refractivity (Wildman–Crippen MR) is 68.4 cm³/mol. The van der Waals surface area contributed by atoms with Crippen molar-refractivity contribution in [3.63, 3.8) is 0 Å². The molecule has 0 fully saturated rings. The van der Waals surface area contributed by atoms with Crippen LogP contribution in [0, 0.1) is 0 Å². The molecule has 0 unspecified atom stereocenters. The molecule has 2 aromatic heterocycles.